The molecule has 0 N–H and O–H groups in total. The van der Waals surface area contributed by atoms with Gasteiger partial charge >= 0.3 is 0 Å². The molecule has 1 aliphatic carbocycles. The summed E-state index contributed by atoms with van der Waals surface area (Å²) in [7, 11) is 2.09. The van der Waals surface area contributed by atoms with Crippen LogP contribution >= 0.6 is 11.8 Å². The minimum Gasteiger partial charge on any atom is -0.309 e. The summed E-state index contributed by atoms with van der Waals surface area (Å²) in [4.78, 5) is 0. The molecule has 100 valence electrons. The van der Waals surface area contributed by atoms with Crippen molar-refractivity contribution in [3.05, 3.63) is 41.7 Å². The Morgan fingerprint density at radius 3 is 2.74 bits per heavy atom. The molecule has 1 saturated carbocycles. The number of aryl methyl sites for hydroxylation is 1. The normalized spacial score (nSPS) is 14.8. The molecule has 1 aliphatic rings. The van der Waals surface area contributed by atoms with Crippen molar-refractivity contribution in [2.24, 2.45) is 7.05 Å². The van der Waals surface area contributed by atoms with Gasteiger partial charge in [0.2, 0.25) is 0 Å². The van der Waals surface area contributed by atoms with Gasteiger partial charge < -0.3 is 4.57 Å². The summed E-state index contributed by atoms with van der Waals surface area (Å²) >= 11 is 1.82. The van der Waals surface area contributed by atoms with E-state index in [0.29, 0.717) is 5.92 Å². The largest absolute Gasteiger partial charge is 0.309 e. The molecular formula is C15H19N3S. The molecule has 0 amide bonds. The number of hydrogen-bond donors (Lipinski definition) is 0. The van der Waals surface area contributed by atoms with Crippen LogP contribution in [-0.2, 0) is 13.5 Å². The fourth-order valence-corrected chi connectivity index (χ4v) is 3.09. The van der Waals surface area contributed by atoms with Gasteiger partial charge in [-0.15, -0.1) is 10.2 Å². The number of rotatable bonds is 6. The Balaban J connectivity index is 1.47. The summed E-state index contributed by atoms with van der Waals surface area (Å²) < 4.78 is 2.17. The molecule has 1 fully saturated rings. The first-order valence-corrected chi connectivity index (χ1v) is 7.89. The summed E-state index contributed by atoms with van der Waals surface area (Å²) in [6.45, 7) is 0. The highest BCUT2D eigenvalue weighted by molar-refractivity contribution is 7.99. The molecule has 3 nitrogen and oxygen atoms in total. The Morgan fingerprint density at radius 2 is 2.00 bits per heavy atom. The van der Waals surface area contributed by atoms with E-state index in [1.54, 1.807) is 0 Å². The fourth-order valence-electron chi connectivity index (χ4n) is 2.23. The van der Waals surface area contributed by atoms with Crippen molar-refractivity contribution in [1.29, 1.82) is 0 Å². The van der Waals surface area contributed by atoms with Crippen molar-refractivity contribution >= 4 is 11.8 Å². The molecular weight excluding hydrogens is 254 g/mol. The van der Waals surface area contributed by atoms with Crippen molar-refractivity contribution in [2.45, 2.75) is 36.8 Å². The van der Waals surface area contributed by atoms with Crippen LogP contribution in [0, 0.1) is 0 Å². The van der Waals surface area contributed by atoms with Gasteiger partial charge in [-0.25, -0.2) is 0 Å². The summed E-state index contributed by atoms with van der Waals surface area (Å²) in [5, 5.41) is 9.67. The maximum absolute atomic E-state index is 4.31. The molecule has 0 radical (unpaired) electrons. The van der Waals surface area contributed by atoms with E-state index >= 15 is 0 Å². The number of benzene rings is 1. The van der Waals surface area contributed by atoms with E-state index in [1.807, 2.05) is 11.8 Å². The molecule has 0 spiro atoms. The van der Waals surface area contributed by atoms with Crippen molar-refractivity contribution < 1.29 is 0 Å². The van der Waals surface area contributed by atoms with Crippen LogP contribution in [0.5, 0.6) is 0 Å². The molecule has 1 heterocycles. The van der Waals surface area contributed by atoms with Crippen LogP contribution in [0.4, 0.5) is 0 Å². The van der Waals surface area contributed by atoms with Gasteiger partial charge in [0.15, 0.2) is 5.16 Å². The Bertz CT molecular complexity index is 532. The van der Waals surface area contributed by atoms with Crippen molar-refractivity contribution in [2.75, 3.05) is 5.75 Å². The second-order valence-corrected chi connectivity index (χ2v) is 6.17. The third-order valence-electron chi connectivity index (χ3n) is 3.49. The lowest BCUT2D eigenvalue weighted by Gasteiger charge is -2.03. The molecule has 0 unspecified atom stereocenters. The first-order valence-electron chi connectivity index (χ1n) is 6.90. The molecule has 4 heteroatoms. The molecule has 2 aromatic rings. The molecule has 1 aromatic carbocycles. The summed E-state index contributed by atoms with van der Waals surface area (Å²) in [6.07, 6.45) is 4.89. The predicted octanol–water partition coefficient (Wildman–Crippen LogP) is 3.42. The second kappa shape index (κ2) is 5.78. The number of thioether (sulfide) groups is 1. The summed E-state index contributed by atoms with van der Waals surface area (Å²) in [5.41, 5.74) is 1.42. The molecule has 0 bridgehead atoms. The van der Waals surface area contributed by atoms with Gasteiger partial charge in [-0.3, -0.25) is 0 Å². The average molecular weight is 273 g/mol. The zero-order chi connectivity index (χ0) is 13.1. The quantitative estimate of drug-likeness (QED) is 0.597. The minimum absolute atomic E-state index is 0.677. The van der Waals surface area contributed by atoms with E-state index in [4.69, 9.17) is 0 Å². The van der Waals surface area contributed by atoms with Crippen molar-refractivity contribution in [1.82, 2.24) is 14.8 Å². The van der Waals surface area contributed by atoms with Gasteiger partial charge in [0.05, 0.1) is 0 Å². The van der Waals surface area contributed by atoms with E-state index in [2.05, 4.69) is 52.1 Å². The highest BCUT2D eigenvalue weighted by Crippen LogP contribution is 2.39. The van der Waals surface area contributed by atoms with Crippen LogP contribution in [0.1, 0.15) is 36.6 Å². The lowest BCUT2D eigenvalue weighted by atomic mass is 10.1. The van der Waals surface area contributed by atoms with Crippen LogP contribution in [0.3, 0.4) is 0 Å². The van der Waals surface area contributed by atoms with E-state index < -0.39 is 0 Å². The van der Waals surface area contributed by atoms with Gasteiger partial charge in [-0.05, 0) is 31.2 Å². The van der Waals surface area contributed by atoms with Gasteiger partial charge in [0, 0.05) is 18.7 Å². The van der Waals surface area contributed by atoms with Crippen LogP contribution < -0.4 is 0 Å². The smallest absolute Gasteiger partial charge is 0.190 e. The minimum atomic E-state index is 0.677. The van der Waals surface area contributed by atoms with E-state index in [0.717, 1.165) is 17.3 Å². The average Bonchev–Trinajstić information content (AvgIpc) is 3.21. The van der Waals surface area contributed by atoms with Crippen LogP contribution in [0.15, 0.2) is 35.5 Å². The number of nitrogens with zero attached hydrogens (tertiary/aromatic N) is 3. The first-order chi connectivity index (χ1) is 9.34. The molecule has 19 heavy (non-hydrogen) atoms. The predicted molar refractivity (Wildman–Crippen MR) is 78.5 cm³/mol. The lowest BCUT2D eigenvalue weighted by Crippen LogP contribution is -1.97. The summed E-state index contributed by atoms with van der Waals surface area (Å²) in [6, 6.07) is 10.7. The van der Waals surface area contributed by atoms with Crippen molar-refractivity contribution in [3.8, 4) is 0 Å². The lowest BCUT2D eigenvalue weighted by molar-refractivity contribution is 0.736. The third-order valence-corrected chi connectivity index (χ3v) is 4.60. The topological polar surface area (TPSA) is 30.7 Å². The maximum Gasteiger partial charge on any atom is 0.190 e. The number of aromatic nitrogens is 3. The fraction of sp³-hybridized carbons (Fsp3) is 0.467. The molecule has 0 saturated heterocycles. The van der Waals surface area contributed by atoms with Gasteiger partial charge in [0.1, 0.15) is 5.82 Å². The molecule has 0 aliphatic heterocycles. The first kappa shape index (κ1) is 12.7. The highest BCUT2D eigenvalue weighted by atomic mass is 32.2. The SMILES string of the molecule is Cn1c(SCCCc2ccccc2)nnc1C1CC1. The molecule has 3 rings (SSSR count). The Kier molecular flexibility index (Phi) is 3.87. The zero-order valence-electron chi connectivity index (χ0n) is 11.2. The van der Waals surface area contributed by atoms with Crippen molar-refractivity contribution in [3.63, 3.8) is 0 Å². The van der Waals surface area contributed by atoms with E-state index in [1.165, 1.54) is 30.7 Å². The Hall–Kier alpha value is -1.29. The third kappa shape index (κ3) is 3.18. The van der Waals surface area contributed by atoms with Gasteiger partial charge in [-0.1, -0.05) is 42.1 Å². The highest BCUT2D eigenvalue weighted by Gasteiger charge is 2.29. The van der Waals surface area contributed by atoms with Gasteiger partial charge in [0.25, 0.3) is 0 Å². The van der Waals surface area contributed by atoms with Crippen LogP contribution in [0.2, 0.25) is 0 Å². The standard InChI is InChI=1S/C15H19N3S/c1-18-14(13-9-10-13)16-17-15(18)19-11-5-8-12-6-3-2-4-7-12/h2-4,6-7,13H,5,8-11H2,1H3. The maximum atomic E-state index is 4.31. The molecule has 0 atom stereocenters. The van der Waals surface area contributed by atoms with Gasteiger partial charge in [-0.2, -0.15) is 0 Å². The van der Waals surface area contributed by atoms with E-state index in [9.17, 15) is 0 Å². The monoisotopic (exact) mass is 273 g/mol. The van der Waals surface area contributed by atoms with Crippen LogP contribution in [-0.4, -0.2) is 20.5 Å². The Labute approximate surface area is 118 Å². The van der Waals surface area contributed by atoms with Crippen LogP contribution in [0.25, 0.3) is 0 Å². The Morgan fingerprint density at radius 1 is 1.21 bits per heavy atom. The number of hydrogen-bond acceptors (Lipinski definition) is 3. The molecule has 1 aromatic heterocycles. The van der Waals surface area contributed by atoms with E-state index in [-0.39, 0.29) is 0 Å². The second-order valence-electron chi connectivity index (χ2n) is 5.11. The summed E-state index contributed by atoms with van der Waals surface area (Å²) in [5.74, 6) is 2.95. The zero-order valence-corrected chi connectivity index (χ0v) is 12.1.